The first kappa shape index (κ1) is 16.5. The lowest BCUT2D eigenvalue weighted by molar-refractivity contribution is 0.0954. The molecule has 0 unspecified atom stereocenters. The normalized spacial score (nSPS) is 11.1. The molecule has 0 saturated heterocycles. The molecule has 0 bridgehead atoms. The average Bonchev–Trinajstić information content (AvgIpc) is 2.53. The van der Waals surface area contributed by atoms with Gasteiger partial charge in [0.05, 0.1) is 7.11 Å². The molecule has 0 aromatic heterocycles. The van der Waals surface area contributed by atoms with Crippen LogP contribution in [0.1, 0.15) is 22.8 Å². The Bertz CT molecular complexity index is 681. The van der Waals surface area contributed by atoms with E-state index in [-0.39, 0.29) is 5.91 Å². The van der Waals surface area contributed by atoms with Crippen LogP contribution < -0.4 is 10.2 Å². The zero-order valence-electron chi connectivity index (χ0n) is 12.5. The Morgan fingerprint density at radius 3 is 2.59 bits per heavy atom. The highest BCUT2D eigenvalue weighted by Gasteiger charge is 2.05. The summed E-state index contributed by atoms with van der Waals surface area (Å²) >= 11 is 2.18. The smallest absolute Gasteiger partial charge is 0.271 e. The number of benzene rings is 2. The summed E-state index contributed by atoms with van der Waals surface area (Å²) in [4.78, 5) is 12.0. The summed E-state index contributed by atoms with van der Waals surface area (Å²) in [7, 11) is 1.64. The SMILES string of the molecule is COc1ccc(CC(C)=NNC(=O)c2cccc(I)c2)cc1. The summed E-state index contributed by atoms with van der Waals surface area (Å²) in [5, 5.41) is 4.15. The largest absolute Gasteiger partial charge is 0.497 e. The van der Waals surface area contributed by atoms with E-state index in [4.69, 9.17) is 4.74 Å². The lowest BCUT2D eigenvalue weighted by Gasteiger charge is -2.05. The Morgan fingerprint density at radius 1 is 1.23 bits per heavy atom. The van der Waals surface area contributed by atoms with Gasteiger partial charge < -0.3 is 4.74 Å². The second-order valence-corrected chi connectivity index (χ2v) is 6.07. The Hall–Kier alpha value is -1.89. The van der Waals surface area contributed by atoms with E-state index in [0.717, 1.165) is 20.6 Å². The quantitative estimate of drug-likeness (QED) is 0.467. The van der Waals surface area contributed by atoms with Gasteiger partial charge in [-0.3, -0.25) is 4.79 Å². The first-order chi connectivity index (χ1) is 10.6. The van der Waals surface area contributed by atoms with Crippen LogP contribution in [-0.2, 0) is 6.42 Å². The molecular formula is C17H17IN2O2. The Labute approximate surface area is 143 Å². The van der Waals surface area contributed by atoms with Gasteiger partial charge in [0.2, 0.25) is 0 Å². The summed E-state index contributed by atoms with van der Waals surface area (Å²) in [6, 6.07) is 15.2. The number of carbonyl (C=O) groups is 1. The number of ether oxygens (including phenoxy) is 1. The van der Waals surface area contributed by atoms with Gasteiger partial charge in [-0.05, 0) is 65.4 Å². The zero-order valence-corrected chi connectivity index (χ0v) is 14.6. The average molecular weight is 408 g/mol. The second kappa shape index (κ2) is 7.93. The fourth-order valence-electron chi connectivity index (χ4n) is 1.92. The zero-order chi connectivity index (χ0) is 15.9. The van der Waals surface area contributed by atoms with Crippen LogP contribution >= 0.6 is 22.6 Å². The van der Waals surface area contributed by atoms with Crippen molar-refractivity contribution in [2.75, 3.05) is 7.11 Å². The molecular weight excluding hydrogens is 391 g/mol. The lowest BCUT2D eigenvalue weighted by atomic mass is 10.1. The predicted molar refractivity (Wildman–Crippen MR) is 96.4 cm³/mol. The van der Waals surface area contributed by atoms with Gasteiger partial charge in [-0.15, -0.1) is 0 Å². The molecule has 2 rings (SSSR count). The summed E-state index contributed by atoms with van der Waals surface area (Å²) in [6.45, 7) is 1.89. The maximum Gasteiger partial charge on any atom is 0.271 e. The molecule has 2 aromatic carbocycles. The Morgan fingerprint density at radius 2 is 1.95 bits per heavy atom. The highest BCUT2D eigenvalue weighted by molar-refractivity contribution is 14.1. The van der Waals surface area contributed by atoms with E-state index in [9.17, 15) is 4.79 Å². The summed E-state index contributed by atoms with van der Waals surface area (Å²) in [6.07, 6.45) is 0.677. The summed E-state index contributed by atoms with van der Waals surface area (Å²) in [5.41, 5.74) is 5.15. The van der Waals surface area contributed by atoms with E-state index in [2.05, 4.69) is 33.1 Å². The Balaban J connectivity index is 1.95. The van der Waals surface area contributed by atoms with Crippen molar-refractivity contribution in [3.05, 3.63) is 63.2 Å². The molecule has 0 aliphatic rings. The number of hydrogen-bond donors (Lipinski definition) is 1. The number of halogens is 1. The van der Waals surface area contributed by atoms with Gasteiger partial charge in [0.25, 0.3) is 5.91 Å². The molecule has 0 atom stereocenters. The van der Waals surface area contributed by atoms with Gasteiger partial charge in [-0.1, -0.05) is 18.2 Å². The summed E-state index contributed by atoms with van der Waals surface area (Å²) in [5.74, 6) is 0.623. The van der Waals surface area contributed by atoms with Crippen LogP contribution in [0, 0.1) is 3.57 Å². The highest BCUT2D eigenvalue weighted by atomic mass is 127. The highest BCUT2D eigenvalue weighted by Crippen LogP contribution is 2.12. The van der Waals surface area contributed by atoms with Gasteiger partial charge in [0.15, 0.2) is 0 Å². The molecule has 4 nitrogen and oxygen atoms in total. The molecule has 0 radical (unpaired) electrons. The van der Waals surface area contributed by atoms with E-state index in [1.54, 1.807) is 13.2 Å². The van der Waals surface area contributed by atoms with E-state index < -0.39 is 0 Å². The van der Waals surface area contributed by atoms with Crippen molar-refractivity contribution < 1.29 is 9.53 Å². The van der Waals surface area contributed by atoms with Crippen molar-refractivity contribution in [3.63, 3.8) is 0 Å². The number of hydrogen-bond acceptors (Lipinski definition) is 3. The van der Waals surface area contributed by atoms with Crippen LogP contribution in [0.3, 0.4) is 0 Å². The van der Waals surface area contributed by atoms with Crippen LogP contribution in [-0.4, -0.2) is 18.7 Å². The summed E-state index contributed by atoms with van der Waals surface area (Å²) < 4.78 is 6.14. The molecule has 0 saturated carbocycles. The molecule has 0 heterocycles. The predicted octanol–water partition coefficient (Wildman–Crippen LogP) is 3.65. The van der Waals surface area contributed by atoms with Crippen molar-refractivity contribution in [2.45, 2.75) is 13.3 Å². The molecule has 2 aromatic rings. The fraction of sp³-hybridized carbons (Fsp3) is 0.176. The number of carbonyl (C=O) groups excluding carboxylic acids is 1. The number of nitrogens with zero attached hydrogens (tertiary/aromatic N) is 1. The van der Waals surface area contributed by atoms with Gasteiger partial charge in [0, 0.05) is 21.3 Å². The van der Waals surface area contributed by atoms with E-state index in [1.807, 2.05) is 49.4 Å². The van der Waals surface area contributed by atoms with Crippen LogP contribution in [0.5, 0.6) is 5.75 Å². The third kappa shape index (κ3) is 4.84. The van der Waals surface area contributed by atoms with Crippen molar-refractivity contribution >= 4 is 34.2 Å². The van der Waals surface area contributed by atoms with Crippen LogP contribution in [0.25, 0.3) is 0 Å². The molecule has 0 spiro atoms. The van der Waals surface area contributed by atoms with Gasteiger partial charge in [0.1, 0.15) is 5.75 Å². The number of nitrogens with one attached hydrogen (secondary N) is 1. The number of hydrazone groups is 1. The van der Waals surface area contributed by atoms with E-state index >= 15 is 0 Å². The molecule has 5 heteroatoms. The van der Waals surface area contributed by atoms with Crippen molar-refractivity contribution in [3.8, 4) is 5.75 Å². The molecule has 0 fully saturated rings. The van der Waals surface area contributed by atoms with Crippen molar-refractivity contribution in [1.29, 1.82) is 0 Å². The maximum atomic E-state index is 12.0. The standard InChI is InChI=1S/C17H17IN2O2/c1-12(10-13-6-8-16(22-2)9-7-13)19-20-17(21)14-4-3-5-15(18)11-14/h3-9,11H,10H2,1-2H3,(H,20,21). The minimum absolute atomic E-state index is 0.201. The minimum Gasteiger partial charge on any atom is -0.497 e. The topological polar surface area (TPSA) is 50.7 Å². The number of methoxy groups -OCH3 is 1. The van der Waals surface area contributed by atoms with Crippen molar-refractivity contribution in [2.24, 2.45) is 5.10 Å². The van der Waals surface area contributed by atoms with Gasteiger partial charge >= 0.3 is 0 Å². The first-order valence-electron chi connectivity index (χ1n) is 6.80. The fourth-order valence-corrected chi connectivity index (χ4v) is 2.46. The van der Waals surface area contributed by atoms with Crippen molar-refractivity contribution in [1.82, 2.24) is 5.43 Å². The lowest BCUT2D eigenvalue weighted by Crippen LogP contribution is -2.19. The third-order valence-corrected chi connectivity index (χ3v) is 3.73. The molecule has 114 valence electrons. The Kier molecular flexibility index (Phi) is 5.94. The molecule has 0 aliphatic carbocycles. The van der Waals surface area contributed by atoms with Gasteiger partial charge in [-0.2, -0.15) is 5.10 Å². The monoisotopic (exact) mass is 408 g/mol. The third-order valence-electron chi connectivity index (χ3n) is 3.05. The molecule has 1 amide bonds. The number of amides is 1. The van der Waals surface area contributed by atoms with E-state index in [0.29, 0.717) is 12.0 Å². The second-order valence-electron chi connectivity index (χ2n) is 4.82. The molecule has 22 heavy (non-hydrogen) atoms. The number of rotatable bonds is 5. The maximum absolute atomic E-state index is 12.0. The minimum atomic E-state index is -0.201. The molecule has 0 aliphatic heterocycles. The van der Waals surface area contributed by atoms with Crippen LogP contribution in [0.2, 0.25) is 0 Å². The molecule has 1 N–H and O–H groups in total. The van der Waals surface area contributed by atoms with E-state index in [1.165, 1.54) is 0 Å². The van der Waals surface area contributed by atoms with Gasteiger partial charge in [-0.25, -0.2) is 5.43 Å². The van der Waals surface area contributed by atoms with Crippen LogP contribution in [0.4, 0.5) is 0 Å². The first-order valence-corrected chi connectivity index (χ1v) is 7.88. The van der Waals surface area contributed by atoms with Crippen LogP contribution in [0.15, 0.2) is 53.6 Å².